The van der Waals surface area contributed by atoms with Crippen LogP contribution < -0.4 is 4.74 Å². The molecule has 1 aliphatic heterocycles. The van der Waals surface area contributed by atoms with Gasteiger partial charge in [-0.25, -0.2) is 4.98 Å². The first-order valence-corrected chi connectivity index (χ1v) is 8.82. The summed E-state index contributed by atoms with van der Waals surface area (Å²) in [5.41, 5.74) is 3.01. The zero-order chi connectivity index (χ0) is 19.9. The van der Waals surface area contributed by atoms with Gasteiger partial charge in [0, 0.05) is 18.2 Å². The Kier molecular flexibility index (Phi) is 4.58. The molecule has 28 heavy (non-hydrogen) atoms. The minimum atomic E-state index is -4.78. The van der Waals surface area contributed by atoms with Gasteiger partial charge in [-0.3, -0.25) is 9.36 Å². The molecule has 1 fully saturated rings. The van der Waals surface area contributed by atoms with E-state index in [4.69, 9.17) is 4.74 Å². The molecule has 0 aliphatic carbocycles. The zero-order valence-electron chi connectivity index (χ0n) is 15.0. The van der Waals surface area contributed by atoms with Gasteiger partial charge in [0.2, 0.25) is 0 Å². The summed E-state index contributed by atoms with van der Waals surface area (Å²) in [4.78, 5) is 15.9. The predicted octanol–water partition coefficient (Wildman–Crippen LogP) is 4.90. The fourth-order valence-corrected chi connectivity index (χ4v) is 3.54. The van der Waals surface area contributed by atoms with Gasteiger partial charge < -0.3 is 9.47 Å². The molecule has 2 heterocycles. The lowest BCUT2D eigenvalue weighted by Crippen LogP contribution is -2.17. The lowest BCUT2D eigenvalue weighted by Gasteiger charge is -2.16. The minimum absolute atomic E-state index is 0.265. The highest BCUT2D eigenvalue weighted by Crippen LogP contribution is 2.35. The summed E-state index contributed by atoms with van der Waals surface area (Å²) >= 11 is 0. The van der Waals surface area contributed by atoms with Crippen LogP contribution in [0, 0.1) is 6.92 Å². The van der Waals surface area contributed by atoms with Gasteiger partial charge in [0.05, 0.1) is 16.7 Å². The van der Waals surface area contributed by atoms with Crippen molar-refractivity contribution in [2.24, 2.45) is 0 Å². The molecule has 1 aromatic heterocycles. The van der Waals surface area contributed by atoms with Gasteiger partial charge in [0.1, 0.15) is 24.0 Å². The lowest BCUT2D eigenvalue weighted by atomic mass is 10.1. The predicted molar refractivity (Wildman–Crippen MR) is 95.8 cm³/mol. The van der Waals surface area contributed by atoms with Crippen LogP contribution in [0.1, 0.15) is 40.7 Å². The fourth-order valence-electron chi connectivity index (χ4n) is 3.54. The smallest absolute Gasteiger partial charge is 0.406 e. The maximum absolute atomic E-state index is 12.6. The molecular weight excluding hydrogens is 373 g/mol. The van der Waals surface area contributed by atoms with Crippen molar-refractivity contribution in [3.63, 3.8) is 0 Å². The second kappa shape index (κ2) is 6.94. The Morgan fingerprint density at radius 2 is 2.11 bits per heavy atom. The highest BCUT2D eigenvalue weighted by atomic mass is 19.4. The van der Waals surface area contributed by atoms with Crippen LogP contribution in [0.2, 0.25) is 0 Å². The summed E-state index contributed by atoms with van der Waals surface area (Å²) < 4.78 is 49.4. The van der Waals surface area contributed by atoms with Crippen molar-refractivity contribution in [1.29, 1.82) is 0 Å². The van der Waals surface area contributed by atoms with E-state index in [-0.39, 0.29) is 11.9 Å². The van der Waals surface area contributed by atoms with Crippen LogP contribution in [0.5, 0.6) is 5.75 Å². The monoisotopic (exact) mass is 390 g/mol. The van der Waals surface area contributed by atoms with Gasteiger partial charge in [-0.15, -0.1) is 13.2 Å². The number of aromatic nitrogens is 2. The average Bonchev–Trinajstić information content (AvgIpc) is 3.27. The maximum Gasteiger partial charge on any atom is 0.573 e. The largest absolute Gasteiger partial charge is 0.573 e. The van der Waals surface area contributed by atoms with Crippen LogP contribution in [-0.4, -0.2) is 28.8 Å². The van der Waals surface area contributed by atoms with E-state index in [0.717, 1.165) is 30.4 Å². The van der Waals surface area contributed by atoms with Crippen LogP contribution in [0.25, 0.3) is 16.7 Å². The molecule has 1 atom stereocenters. The normalized spacial score (nSPS) is 17.2. The Hall–Kier alpha value is -2.87. The minimum Gasteiger partial charge on any atom is -0.406 e. The SMILES string of the molecule is Cc1c(C=O)cccc1-n1c(C2CCCO2)nc2cc(OC(F)(F)F)ccc21. The fraction of sp³-hybridized carbons (Fsp3) is 0.300. The number of ether oxygens (including phenoxy) is 2. The third-order valence-electron chi connectivity index (χ3n) is 4.82. The number of imidazole rings is 1. The van der Waals surface area contributed by atoms with Crippen LogP contribution >= 0.6 is 0 Å². The van der Waals surface area contributed by atoms with Crippen molar-refractivity contribution in [3.05, 3.63) is 53.3 Å². The van der Waals surface area contributed by atoms with E-state index >= 15 is 0 Å². The number of hydrogen-bond acceptors (Lipinski definition) is 4. The first-order valence-electron chi connectivity index (χ1n) is 8.82. The third kappa shape index (κ3) is 3.35. The summed E-state index contributed by atoms with van der Waals surface area (Å²) in [7, 11) is 0. The number of carbonyl (C=O) groups excluding carboxylic acids is 1. The summed E-state index contributed by atoms with van der Waals surface area (Å²) in [6.07, 6.45) is -2.62. The van der Waals surface area contributed by atoms with E-state index in [1.165, 1.54) is 18.2 Å². The van der Waals surface area contributed by atoms with E-state index in [2.05, 4.69) is 9.72 Å². The van der Waals surface area contributed by atoms with Gasteiger partial charge in [0.25, 0.3) is 0 Å². The zero-order valence-corrected chi connectivity index (χ0v) is 15.0. The summed E-state index contributed by atoms with van der Waals surface area (Å²) in [6.45, 7) is 2.43. The van der Waals surface area contributed by atoms with Gasteiger partial charge in [0.15, 0.2) is 0 Å². The molecule has 0 saturated carbocycles. The highest BCUT2D eigenvalue weighted by Gasteiger charge is 2.32. The van der Waals surface area contributed by atoms with Crippen LogP contribution in [-0.2, 0) is 4.74 Å². The number of carbonyl (C=O) groups is 1. The maximum atomic E-state index is 12.6. The van der Waals surface area contributed by atoms with Crippen molar-refractivity contribution in [2.75, 3.05) is 6.61 Å². The first-order chi connectivity index (χ1) is 13.4. The van der Waals surface area contributed by atoms with E-state index in [9.17, 15) is 18.0 Å². The molecule has 0 amide bonds. The lowest BCUT2D eigenvalue weighted by molar-refractivity contribution is -0.274. The van der Waals surface area contributed by atoms with Crippen molar-refractivity contribution < 1.29 is 27.4 Å². The molecule has 4 rings (SSSR count). The van der Waals surface area contributed by atoms with Crippen molar-refractivity contribution >= 4 is 17.3 Å². The number of nitrogens with zero attached hydrogens (tertiary/aromatic N) is 2. The number of hydrogen-bond donors (Lipinski definition) is 0. The molecule has 0 N–H and O–H groups in total. The standard InChI is InChI=1S/C20H17F3N2O3/c1-12-13(11-26)4-2-5-16(12)25-17-8-7-14(28-20(21,22)23)10-15(17)24-19(25)18-6-3-9-27-18/h2,4-5,7-8,10-11,18H,3,6,9H2,1H3. The number of aldehydes is 1. The van der Waals surface area contributed by atoms with E-state index < -0.39 is 6.36 Å². The quantitative estimate of drug-likeness (QED) is 0.595. The number of alkyl halides is 3. The molecule has 146 valence electrons. The van der Waals surface area contributed by atoms with Gasteiger partial charge >= 0.3 is 6.36 Å². The molecule has 8 heteroatoms. The van der Waals surface area contributed by atoms with Crippen molar-refractivity contribution in [3.8, 4) is 11.4 Å². The molecule has 0 radical (unpaired) electrons. The van der Waals surface area contributed by atoms with Crippen LogP contribution in [0.3, 0.4) is 0 Å². The second-order valence-corrected chi connectivity index (χ2v) is 6.61. The average molecular weight is 390 g/mol. The number of rotatable bonds is 4. The molecule has 2 aromatic carbocycles. The van der Waals surface area contributed by atoms with Crippen molar-refractivity contribution in [1.82, 2.24) is 9.55 Å². The van der Waals surface area contributed by atoms with E-state index in [1.807, 2.05) is 17.6 Å². The third-order valence-corrected chi connectivity index (χ3v) is 4.82. The Balaban J connectivity index is 1.92. The molecule has 5 nitrogen and oxygen atoms in total. The van der Waals surface area contributed by atoms with E-state index in [0.29, 0.717) is 29.0 Å². The number of fused-ring (bicyclic) bond motifs is 1. The van der Waals surface area contributed by atoms with Crippen molar-refractivity contribution in [2.45, 2.75) is 32.2 Å². The number of halogens is 3. The Morgan fingerprint density at radius 3 is 2.79 bits per heavy atom. The first kappa shape index (κ1) is 18.5. The van der Waals surface area contributed by atoms with E-state index in [1.54, 1.807) is 12.1 Å². The molecule has 1 unspecified atom stereocenters. The summed E-state index contributed by atoms with van der Waals surface area (Å²) in [6, 6.07) is 9.38. The summed E-state index contributed by atoms with van der Waals surface area (Å²) in [5.74, 6) is 0.268. The second-order valence-electron chi connectivity index (χ2n) is 6.61. The highest BCUT2D eigenvalue weighted by molar-refractivity contribution is 5.83. The van der Waals surface area contributed by atoms with Gasteiger partial charge in [-0.05, 0) is 43.5 Å². The molecule has 0 bridgehead atoms. The molecule has 3 aromatic rings. The van der Waals surface area contributed by atoms with Gasteiger partial charge in [-0.2, -0.15) is 0 Å². The topological polar surface area (TPSA) is 53.4 Å². The molecule has 1 aliphatic rings. The van der Waals surface area contributed by atoms with Gasteiger partial charge in [-0.1, -0.05) is 12.1 Å². The summed E-state index contributed by atoms with van der Waals surface area (Å²) in [5, 5.41) is 0. The Labute approximate surface area is 158 Å². The molecule has 1 saturated heterocycles. The number of benzene rings is 2. The van der Waals surface area contributed by atoms with Crippen LogP contribution in [0.15, 0.2) is 36.4 Å². The van der Waals surface area contributed by atoms with Crippen LogP contribution in [0.4, 0.5) is 13.2 Å². The molecule has 0 spiro atoms. The Bertz CT molecular complexity index is 1040. The molecular formula is C20H17F3N2O3. The Morgan fingerprint density at radius 1 is 1.29 bits per heavy atom.